The van der Waals surface area contributed by atoms with Crippen LogP contribution in [0.25, 0.3) is 0 Å². The molecule has 0 aromatic carbocycles. The standard InChI is InChI=1S/C11H17ClN4/c1-3-10-14-9(12)6-11(15-10)13-8-4-5-16(2)7-8/h6,8H,3-5,7H2,1-2H3,(H,13,14,15). The van der Waals surface area contributed by atoms with E-state index in [1.54, 1.807) is 6.07 Å². The molecule has 0 aliphatic carbocycles. The molecule has 2 heterocycles. The van der Waals surface area contributed by atoms with E-state index in [2.05, 4.69) is 27.2 Å². The van der Waals surface area contributed by atoms with Crippen molar-refractivity contribution in [3.63, 3.8) is 0 Å². The highest BCUT2D eigenvalue weighted by Crippen LogP contribution is 2.16. The topological polar surface area (TPSA) is 41.1 Å². The van der Waals surface area contributed by atoms with Crippen molar-refractivity contribution in [2.75, 3.05) is 25.5 Å². The van der Waals surface area contributed by atoms with E-state index in [0.29, 0.717) is 11.2 Å². The lowest BCUT2D eigenvalue weighted by Crippen LogP contribution is -2.24. The van der Waals surface area contributed by atoms with Gasteiger partial charge in [0.25, 0.3) is 0 Å². The van der Waals surface area contributed by atoms with Crippen LogP contribution in [0.5, 0.6) is 0 Å². The monoisotopic (exact) mass is 240 g/mol. The Kier molecular flexibility index (Phi) is 3.61. The van der Waals surface area contributed by atoms with E-state index in [9.17, 15) is 0 Å². The van der Waals surface area contributed by atoms with Gasteiger partial charge in [0.05, 0.1) is 0 Å². The number of aryl methyl sites for hydroxylation is 1. The van der Waals surface area contributed by atoms with Crippen molar-refractivity contribution < 1.29 is 0 Å². The summed E-state index contributed by atoms with van der Waals surface area (Å²) in [6, 6.07) is 2.26. The third-order valence-electron chi connectivity index (χ3n) is 2.80. The van der Waals surface area contributed by atoms with E-state index in [1.165, 1.54) is 0 Å². The Morgan fingerprint density at radius 3 is 3.00 bits per heavy atom. The Bertz CT molecular complexity index is 369. The molecule has 1 atom stereocenters. The minimum Gasteiger partial charge on any atom is -0.366 e. The van der Waals surface area contributed by atoms with Crippen LogP contribution in [-0.4, -0.2) is 41.0 Å². The summed E-state index contributed by atoms with van der Waals surface area (Å²) in [4.78, 5) is 10.9. The van der Waals surface area contributed by atoms with Crippen molar-refractivity contribution in [2.45, 2.75) is 25.8 Å². The molecule has 1 aromatic heterocycles. The summed E-state index contributed by atoms with van der Waals surface area (Å²) in [6.45, 7) is 4.22. The first-order chi connectivity index (χ1) is 7.67. The smallest absolute Gasteiger partial charge is 0.134 e. The van der Waals surface area contributed by atoms with Crippen LogP contribution in [0, 0.1) is 0 Å². The Balaban J connectivity index is 2.06. The molecule has 1 fully saturated rings. The Hall–Kier alpha value is -0.870. The summed E-state index contributed by atoms with van der Waals surface area (Å²) >= 11 is 5.94. The molecule has 0 saturated carbocycles. The highest BCUT2D eigenvalue weighted by atomic mass is 35.5. The van der Waals surface area contributed by atoms with Crippen molar-refractivity contribution in [2.24, 2.45) is 0 Å². The molecule has 5 heteroatoms. The number of likely N-dealkylation sites (N-methyl/N-ethyl adjacent to an activating group) is 1. The second kappa shape index (κ2) is 4.97. The summed E-state index contributed by atoms with van der Waals surface area (Å²) in [5.41, 5.74) is 0. The van der Waals surface area contributed by atoms with Crippen LogP contribution in [0.1, 0.15) is 19.2 Å². The number of rotatable bonds is 3. The Labute approximate surface area is 101 Å². The molecule has 4 nitrogen and oxygen atoms in total. The minimum atomic E-state index is 0.473. The summed E-state index contributed by atoms with van der Waals surface area (Å²) < 4.78 is 0. The molecule has 0 amide bonds. The van der Waals surface area contributed by atoms with Gasteiger partial charge in [0.15, 0.2) is 0 Å². The number of aromatic nitrogens is 2. The Morgan fingerprint density at radius 1 is 1.56 bits per heavy atom. The summed E-state index contributed by atoms with van der Waals surface area (Å²) in [6.07, 6.45) is 1.96. The SMILES string of the molecule is CCc1nc(Cl)cc(NC2CCN(C)C2)n1. The summed E-state index contributed by atoms with van der Waals surface area (Å²) in [5, 5.41) is 3.92. The largest absolute Gasteiger partial charge is 0.366 e. The normalized spacial score (nSPS) is 21.3. The lowest BCUT2D eigenvalue weighted by atomic mass is 10.2. The predicted octanol–water partition coefficient (Wildman–Crippen LogP) is 1.81. The zero-order valence-electron chi connectivity index (χ0n) is 9.70. The van der Waals surface area contributed by atoms with Gasteiger partial charge in [0.2, 0.25) is 0 Å². The number of nitrogens with zero attached hydrogens (tertiary/aromatic N) is 3. The Morgan fingerprint density at radius 2 is 2.38 bits per heavy atom. The van der Waals surface area contributed by atoms with Gasteiger partial charge in [-0.25, -0.2) is 9.97 Å². The molecule has 1 aromatic rings. The molecular formula is C11H17ClN4. The molecule has 0 spiro atoms. The molecular weight excluding hydrogens is 224 g/mol. The van der Waals surface area contributed by atoms with Gasteiger partial charge >= 0.3 is 0 Å². The van der Waals surface area contributed by atoms with Crippen LogP contribution in [0.2, 0.25) is 5.15 Å². The van der Waals surface area contributed by atoms with E-state index >= 15 is 0 Å². The predicted molar refractivity (Wildman–Crippen MR) is 65.9 cm³/mol. The second-order valence-corrected chi connectivity index (χ2v) is 4.63. The van der Waals surface area contributed by atoms with E-state index in [4.69, 9.17) is 11.6 Å². The molecule has 0 bridgehead atoms. The van der Waals surface area contributed by atoms with Crippen LogP contribution < -0.4 is 5.32 Å². The van der Waals surface area contributed by atoms with Crippen LogP contribution in [0.3, 0.4) is 0 Å². The fourth-order valence-corrected chi connectivity index (χ4v) is 2.16. The van der Waals surface area contributed by atoms with Gasteiger partial charge in [-0.3, -0.25) is 0 Å². The fourth-order valence-electron chi connectivity index (χ4n) is 1.96. The third kappa shape index (κ3) is 2.83. The van der Waals surface area contributed by atoms with Gasteiger partial charge in [0.1, 0.15) is 16.8 Å². The highest BCUT2D eigenvalue weighted by molar-refractivity contribution is 6.29. The molecule has 1 saturated heterocycles. The van der Waals surface area contributed by atoms with E-state index in [0.717, 1.165) is 37.6 Å². The lowest BCUT2D eigenvalue weighted by molar-refractivity contribution is 0.414. The lowest BCUT2D eigenvalue weighted by Gasteiger charge is -2.14. The first kappa shape index (κ1) is 11.6. The molecule has 1 aliphatic heterocycles. The zero-order valence-corrected chi connectivity index (χ0v) is 10.5. The number of halogens is 1. The maximum Gasteiger partial charge on any atom is 0.134 e. The summed E-state index contributed by atoms with van der Waals surface area (Å²) in [7, 11) is 2.13. The average molecular weight is 241 g/mol. The summed E-state index contributed by atoms with van der Waals surface area (Å²) in [5.74, 6) is 1.64. The zero-order chi connectivity index (χ0) is 11.5. The molecule has 1 N–H and O–H groups in total. The maximum absolute atomic E-state index is 5.94. The molecule has 0 radical (unpaired) electrons. The van der Waals surface area contributed by atoms with Gasteiger partial charge in [-0.05, 0) is 20.0 Å². The molecule has 16 heavy (non-hydrogen) atoms. The molecule has 1 aliphatic rings. The second-order valence-electron chi connectivity index (χ2n) is 4.24. The van der Waals surface area contributed by atoms with E-state index in [-0.39, 0.29) is 0 Å². The van der Waals surface area contributed by atoms with Gasteiger partial charge < -0.3 is 10.2 Å². The third-order valence-corrected chi connectivity index (χ3v) is 2.99. The van der Waals surface area contributed by atoms with Gasteiger partial charge in [-0.2, -0.15) is 0 Å². The molecule has 88 valence electrons. The fraction of sp³-hybridized carbons (Fsp3) is 0.636. The van der Waals surface area contributed by atoms with Gasteiger partial charge in [-0.15, -0.1) is 0 Å². The number of likely N-dealkylation sites (tertiary alicyclic amines) is 1. The van der Waals surface area contributed by atoms with Crippen molar-refractivity contribution in [3.8, 4) is 0 Å². The molecule has 2 rings (SSSR count). The number of hydrogen-bond acceptors (Lipinski definition) is 4. The van der Waals surface area contributed by atoms with Crippen LogP contribution in [0.4, 0.5) is 5.82 Å². The van der Waals surface area contributed by atoms with E-state index in [1.807, 2.05) is 6.92 Å². The number of nitrogens with one attached hydrogen (secondary N) is 1. The van der Waals surface area contributed by atoms with Crippen molar-refractivity contribution in [3.05, 3.63) is 17.0 Å². The van der Waals surface area contributed by atoms with Crippen molar-refractivity contribution in [1.29, 1.82) is 0 Å². The van der Waals surface area contributed by atoms with Gasteiger partial charge in [0, 0.05) is 25.1 Å². The average Bonchev–Trinajstić information content (AvgIpc) is 2.63. The number of hydrogen-bond donors (Lipinski definition) is 1. The van der Waals surface area contributed by atoms with Crippen molar-refractivity contribution in [1.82, 2.24) is 14.9 Å². The molecule has 1 unspecified atom stereocenters. The van der Waals surface area contributed by atoms with Gasteiger partial charge in [-0.1, -0.05) is 18.5 Å². The van der Waals surface area contributed by atoms with Crippen LogP contribution in [-0.2, 0) is 6.42 Å². The van der Waals surface area contributed by atoms with Crippen molar-refractivity contribution >= 4 is 17.4 Å². The minimum absolute atomic E-state index is 0.473. The van der Waals surface area contributed by atoms with E-state index < -0.39 is 0 Å². The maximum atomic E-state index is 5.94. The quantitative estimate of drug-likeness (QED) is 0.819. The van der Waals surface area contributed by atoms with Crippen LogP contribution >= 0.6 is 11.6 Å². The highest BCUT2D eigenvalue weighted by Gasteiger charge is 2.19. The number of anilines is 1. The first-order valence-electron chi connectivity index (χ1n) is 5.66. The first-order valence-corrected chi connectivity index (χ1v) is 6.03. The van der Waals surface area contributed by atoms with Crippen LogP contribution in [0.15, 0.2) is 6.07 Å².